The van der Waals surface area contributed by atoms with Gasteiger partial charge in [-0.1, -0.05) is 0 Å². The van der Waals surface area contributed by atoms with Crippen molar-refractivity contribution in [2.24, 2.45) is 5.73 Å². The van der Waals surface area contributed by atoms with Gasteiger partial charge < -0.3 is 20.7 Å². The van der Waals surface area contributed by atoms with Crippen molar-refractivity contribution in [3.05, 3.63) is 0 Å². The third-order valence-electron chi connectivity index (χ3n) is 2.67. The zero-order valence-electron chi connectivity index (χ0n) is 11.2. The summed E-state index contributed by atoms with van der Waals surface area (Å²) < 4.78 is 5.24. The highest BCUT2D eigenvalue weighted by atomic mass is 16.6. The van der Waals surface area contributed by atoms with E-state index in [4.69, 9.17) is 10.5 Å². The molecule has 5 heteroatoms. The van der Waals surface area contributed by atoms with Gasteiger partial charge in [-0.2, -0.15) is 0 Å². The van der Waals surface area contributed by atoms with Crippen molar-refractivity contribution in [1.82, 2.24) is 10.2 Å². The molecule has 0 aromatic heterocycles. The topological polar surface area (TPSA) is 67.6 Å². The van der Waals surface area contributed by atoms with E-state index in [1.54, 1.807) is 0 Å². The highest BCUT2D eigenvalue weighted by Gasteiger charge is 2.23. The number of likely N-dealkylation sites (tertiary alicyclic amines) is 1. The number of piperidine rings is 1. The fourth-order valence-electron chi connectivity index (χ4n) is 2.03. The molecule has 1 fully saturated rings. The van der Waals surface area contributed by atoms with Gasteiger partial charge in [-0.05, 0) is 40.2 Å². The number of nitrogens with two attached hydrogens (primary N) is 1. The molecule has 0 saturated carbocycles. The van der Waals surface area contributed by atoms with E-state index in [-0.39, 0.29) is 12.1 Å². The molecule has 0 aromatic carbocycles. The van der Waals surface area contributed by atoms with Crippen molar-refractivity contribution in [3.63, 3.8) is 0 Å². The van der Waals surface area contributed by atoms with Crippen LogP contribution in [0.3, 0.4) is 0 Å². The Labute approximate surface area is 104 Å². The first-order valence-electron chi connectivity index (χ1n) is 6.32. The molecule has 100 valence electrons. The summed E-state index contributed by atoms with van der Waals surface area (Å²) >= 11 is 0. The molecule has 17 heavy (non-hydrogen) atoms. The predicted octanol–water partition coefficient (Wildman–Crippen LogP) is 0.934. The maximum Gasteiger partial charge on any atom is 0.407 e. The average molecular weight is 243 g/mol. The van der Waals surface area contributed by atoms with Gasteiger partial charge in [0.25, 0.3) is 0 Å². The smallest absolute Gasteiger partial charge is 0.407 e. The molecule has 1 saturated heterocycles. The lowest BCUT2D eigenvalue weighted by molar-refractivity contribution is 0.0473. The van der Waals surface area contributed by atoms with Crippen LogP contribution in [0.25, 0.3) is 0 Å². The number of rotatable bonds is 3. The zero-order valence-corrected chi connectivity index (χ0v) is 11.2. The van der Waals surface area contributed by atoms with Crippen molar-refractivity contribution < 1.29 is 9.53 Å². The van der Waals surface area contributed by atoms with Gasteiger partial charge in [-0.25, -0.2) is 4.79 Å². The van der Waals surface area contributed by atoms with Crippen molar-refractivity contribution in [2.45, 2.75) is 45.3 Å². The normalized spacial score (nSPS) is 22.2. The summed E-state index contributed by atoms with van der Waals surface area (Å²) in [6, 6.07) is 0.185. The van der Waals surface area contributed by atoms with Gasteiger partial charge in [0, 0.05) is 25.7 Å². The molecule has 1 heterocycles. The number of carbonyl (C=O) groups is 1. The largest absolute Gasteiger partial charge is 0.444 e. The third kappa shape index (κ3) is 5.89. The Hall–Kier alpha value is -0.810. The van der Waals surface area contributed by atoms with Gasteiger partial charge in [0.2, 0.25) is 0 Å². The zero-order chi connectivity index (χ0) is 12.9. The number of carbonyl (C=O) groups excluding carboxylic acids is 1. The summed E-state index contributed by atoms with van der Waals surface area (Å²) in [6.45, 7) is 9.11. The maximum absolute atomic E-state index is 11.6. The van der Waals surface area contributed by atoms with Crippen LogP contribution >= 0.6 is 0 Å². The molecule has 0 aliphatic carbocycles. The summed E-state index contributed by atoms with van der Waals surface area (Å²) in [5, 5.41) is 2.92. The molecule has 3 N–H and O–H groups in total. The van der Waals surface area contributed by atoms with E-state index >= 15 is 0 Å². The minimum atomic E-state index is -0.435. The Morgan fingerprint density at radius 2 is 2.24 bits per heavy atom. The molecule has 1 rings (SSSR count). The van der Waals surface area contributed by atoms with Crippen molar-refractivity contribution in [3.8, 4) is 0 Å². The standard InChI is InChI=1S/C12H25N3O2/c1-12(2,3)17-11(16)14-10-5-4-7-15(9-10)8-6-13/h10H,4-9,13H2,1-3H3,(H,14,16)/t10-/m0/s1. The number of nitrogens with zero attached hydrogens (tertiary/aromatic N) is 1. The van der Waals surface area contributed by atoms with Crippen molar-refractivity contribution >= 4 is 6.09 Å². The molecular formula is C12H25N3O2. The van der Waals surface area contributed by atoms with E-state index in [0.717, 1.165) is 32.5 Å². The van der Waals surface area contributed by atoms with Crippen LogP contribution in [0.1, 0.15) is 33.6 Å². The van der Waals surface area contributed by atoms with Gasteiger partial charge in [0.15, 0.2) is 0 Å². The lowest BCUT2D eigenvalue weighted by Gasteiger charge is -2.33. The summed E-state index contributed by atoms with van der Waals surface area (Å²) in [4.78, 5) is 13.9. The Balaban J connectivity index is 2.33. The van der Waals surface area contributed by atoms with Gasteiger partial charge in [0.05, 0.1) is 0 Å². The van der Waals surface area contributed by atoms with Gasteiger partial charge in [-0.3, -0.25) is 0 Å². The van der Waals surface area contributed by atoms with Gasteiger partial charge >= 0.3 is 6.09 Å². The molecule has 1 amide bonds. The van der Waals surface area contributed by atoms with Crippen molar-refractivity contribution in [2.75, 3.05) is 26.2 Å². The Morgan fingerprint density at radius 1 is 1.53 bits per heavy atom. The summed E-state index contributed by atoms with van der Waals surface area (Å²) in [6.07, 6.45) is 1.79. The number of hydrogen-bond donors (Lipinski definition) is 2. The second-order valence-corrected chi connectivity index (χ2v) is 5.57. The number of alkyl carbamates (subject to hydrolysis) is 1. The first-order valence-corrected chi connectivity index (χ1v) is 6.32. The molecule has 0 unspecified atom stereocenters. The minimum Gasteiger partial charge on any atom is -0.444 e. The van der Waals surface area contributed by atoms with E-state index in [1.807, 2.05) is 20.8 Å². The molecule has 0 bridgehead atoms. The molecule has 1 aliphatic rings. The van der Waals surface area contributed by atoms with E-state index in [1.165, 1.54) is 0 Å². The van der Waals surface area contributed by atoms with Crippen LogP contribution < -0.4 is 11.1 Å². The van der Waals surface area contributed by atoms with E-state index < -0.39 is 5.60 Å². The average Bonchev–Trinajstić information content (AvgIpc) is 2.15. The molecule has 0 aromatic rings. The SMILES string of the molecule is CC(C)(C)OC(=O)N[C@H]1CCCN(CCN)C1. The quantitative estimate of drug-likeness (QED) is 0.774. The van der Waals surface area contributed by atoms with Crippen molar-refractivity contribution in [1.29, 1.82) is 0 Å². The second-order valence-electron chi connectivity index (χ2n) is 5.57. The fourth-order valence-corrected chi connectivity index (χ4v) is 2.03. The molecule has 5 nitrogen and oxygen atoms in total. The van der Waals surface area contributed by atoms with Crippen LogP contribution in [-0.2, 0) is 4.74 Å². The van der Waals surface area contributed by atoms with Crippen LogP contribution in [0.15, 0.2) is 0 Å². The lowest BCUT2D eigenvalue weighted by atomic mass is 10.1. The molecule has 1 aliphatic heterocycles. The predicted molar refractivity (Wildman–Crippen MR) is 67.9 cm³/mol. The first-order chi connectivity index (χ1) is 7.90. The fraction of sp³-hybridized carbons (Fsp3) is 0.917. The molecule has 1 atom stereocenters. The number of amides is 1. The lowest BCUT2D eigenvalue weighted by Crippen LogP contribution is -2.49. The second kappa shape index (κ2) is 6.21. The van der Waals surface area contributed by atoms with E-state index in [2.05, 4.69) is 10.2 Å². The Kier molecular flexibility index (Phi) is 5.21. The highest BCUT2D eigenvalue weighted by Crippen LogP contribution is 2.11. The summed E-state index contributed by atoms with van der Waals surface area (Å²) in [5.41, 5.74) is 5.10. The van der Waals surface area contributed by atoms with Gasteiger partial charge in [-0.15, -0.1) is 0 Å². The van der Waals surface area contributed by atoms with Crippen LogP contribution in [-0.4, -0.2) is 48.8 Å². The molecule has 0 radical (unpaired) electrons. The Morgan fingerprint density at radius 3 is 2.82 bits per heavy atom. The summed E-state index contributed by atoms with van der Waals surface area (Å²) in [5.74, 6) is 0. The number of nitrogens with one attached hydrogen (secondary N) is 1. The first kappa shape index (κ1) is 14.3. The van der Waals surface area contributed by atoms with E-state index in [0.29, 0.717) is 6.54 Å². The molecular weight excluding hydrogens is 218 g/mol. The third-order valence-corrected chi connectivity index (χ3v) is 2.67. The summed E-state index contributed by atoms with van der Waals surface area (Å²) in [7, 11) is 0. The van der Waals surface area contributed by atoms with E-state index in [9.17, 15) is 4.79 Å². The van der Waals surface area contributed by atoms with Crippen LogP contribution in [0, 0.1) is 0 Å². The Bertz CT molecular complexity index is 249. The number of ether oxygens (including phenoxy) is 1. The van der Waals surface area contributed by atoms with Crippen LogP contribution in [0.4, 0.5) is 4.79 Å². The maximum atomic E-state index is 11.6. The van der Waals surface area contributed by atoms with Crippen LogP contribution in [0.2, 0.25) is 0 Å². The van der Waals surface area contributed by atoms with Gasteiger partial charge in [0.1, 0.15) is 5.60 Å². The minimum absolute atomic E-state index is 0.185. The van der Waals surface area contributed by atoms with Crippen LogP contribution in [0.5, 0.6) is 0 Å². The highest BCUT2D eigenvalue weighted by molar-refractivity contribution is 5.68. The number of hydrogen-bond acceptors (Lipinski definition) is 4. The molecule has 0 spiro atoms. The monoisotopic (exact) mass is 243 g/mol.